The maximum atomic E-state index is 13.3. The van der Waals surface area contributed by atoms with Crippen LogP contribution in [0.2, 0.25) is 10.0 Å². The molecule has 2 heterocycles. The summed E-state index contributed by atoms with van der Waals surface area (Å²) < 4.78 is 13.1. The van der Waals surface area contributed by atoms with E-state index in [4.69, 9.17) is 37.7 Å². The van der Waals surface area contributed by atoms with Crippen molar-refractivity contribution in [1.82, 2.24) is 14.5 Å². The van der Waals surface area contributed by atoms with Gasteiger partial charge in [0.15, 0.2) is 5.69 Å². The molecule has 9 heteroatoms. The summed E-state index contributed by atoms with van der Waals surface area (Å²) in [5.41, 5.74) is 4.12. The van der Waals surface area contributed by atoms with Crippen molar-refractivity contribution in [2.45, 2.75) is 39.2 Å². The second kappa shape index (κ2) is 12.8. The molecule has 1 aliphatic rings. The van der Waals surface area contributed by atoms with E-state index in [0.29, 0.717) is 40.2 Å². The highest BCUT2D eigenvalue weighted by molar-refractivity contribution is 6.31. The van der Waals surface area contributed by atoms with Crippen LogP contribution in [0.15, 0.2) is 72.8 Å². The van der Waals surface area contributed by atoms with E-state index in [9.17, 15) is 9.59 Å². The molecule has 0 aliphatic carbocycles. The summed E-state index contributed by atoms with van der Waals surface area (Å²) in [5, 5.41) is 1.08. The van der Waals surface area contributed by atoms with Gasteiger partial charge in [0.2, 0.25) is 0 Å². The summed E-state index contributed by atoms with van der Waals surface area (Å²) in [7, 11) is 0. The van der Waals surface area contributed by atoms with Gasteiger partial charge in [-0.2, -0.15) is 0 Å². The van der Waals surface area contributed by atoms with Crippen LogP contribution in [0, 0.1) is 6.92 Å². The molecule has 1 aliphatic heterocycles. The fourth-order valence-electron chi connectivity index (χ4n) is 5.19. The molecule has 5 rings (SSSR count). The number of halogens is 2. The molecule has 3 aromatic carbocycles. The van der Waals surface area contributed by atoms with Crippen LogP contribution in [0.5, 0.6) is 0 Å². The number of rotatable bonds is 7. The monoisotopic (exact) mass is 591 g/mol. The predicted octanol–water partition coefficient (Wildman–Crippen LogP) is 7.85. The number of aromatic nitrogens is 2. The van der Waals surface area contributed by atoms with Gasteiger partial charge in [0, 0.05) is 34.6 Å². The maximum Gasteiger partial charge on any atom is 0.410 e. The van der Waals surface area contributed by atoms with E-state index in [-0.39, 0.29) is 30.9 Å². The number of aryl methyl sites for hydroxylation is 1. The van der Waals surface area contributed by atoms with E-state index in [0.717, 1.165) is 29.7 Å². The lowest BCUT2D eigenvalue weighted by atomic mass is 9.97. The number of amides is 1. The van der Waals surface area contributed by atoms with Gasteiger partial charge < -0.3 is 14.4 Å². The molecule has 212 valence electrons. The first-order valence-corrected chi connectivity index (χ1v) is 14.4. The van der Waals surface area contributed by atoms with Gasteiger partial charge in [-0.05, 0) is 62.1 Å². The van der Waals surface area contributed by atoms with Crippen molar-refractivity contribution in [2.24, 2.45) is 0 Å². The van der Waals surface area contributed by atoms with E-state index in [1.165, 1.54) is 0 Å². The highest BCUT2D eigenvalue weighted by Crippen LogP contribution is 2.38. The number of carbonyl (C=O) groups is 2. The Kier molecular flexibility index (Phi) is 8.96. The Morgan fingerprint density at radius 1 is 0.976 bits per heavy atom. The van der Waals surface area contributed by atoms with E-state index in [2.05, 4.69) is 0 Å². The van der Waals surface area contributed by atoms with Gasteiger partial charge in [0.05, 0.1) is 18.0 Å². The van der Waals surface area contributed by atoms with Crippen molar-refractivity contribution in [3.05, 3.63) is 105 Å². The van der Waals surface area contributed by atoms with Crippen LogP contribution in [0.1, 0.15) is 53.1 Å². The van der Waals surface area contributed by atoms with Gasteiger partial charge in [-0.1, -0.05) is 71.7 Å². The summed E-state index contributed by atoms with van der Waals surface area (Å²) in [6.45, 7) is 5.11. The van der Waals surface area contributed by atoms with Gasteiger partial charge in [-0.3, -0.25) is 4.57 Å². The van der Waals surface area contributed by atoms with Gasteiger partial charge in [-0.25, -0.2) is 14.6 Å². The Hall–Kier alpha value is -3.81. The third-order valence-corrected chi connectivity index (χ3v) is 7.60. The minimum absolute atomic E-state index is 0.174. The largest absolute Gasteiger partial charge is 0.461 e. The summed E-state index contributed by atoms with van der Waals surface area (Å²) in [5.74, 6) is -0.0569. The quantitative estimate of drug-likeness (QED) is 0.205. The van der Waals surface area contributed by atoms with Crippen LogP contribution in [0.3, 0.4) is 0 Å². The number of esters is 1. The Balaban J connectivity index is 1.59. The van der Waals surface area contributed by atoms with Gasteiger partial charge in [0.1, 0.15) is 12.4 Å². The van der Waals surface area contributed by atoms with Crippen LogP contribution < -0.4 is 0 Å². The molecule has 1 aromatic heterocycles. The van der Waals surface area contributed by atoms with Crippen molar-refractivity contribution < 1.29 is 19.1 Å². The molecule has 0 saturated carbocycles. The second-order valence-electron chi connectivity index (χ2n) is 9.99. The number of hydrogen-bond donors (Lipinski definition) is 0. The molecule has 0 spiro atoms. The number of hydrogen-bond acceptors (Lipinski definition) is 5. The third kappa shape index (κ3) is 6.42. The zero-order valence-corrected chi connectivity index (χ0v) is 24.5. The first-order valence-electron chi connectivity index (χ1n) is 13.6. The zero-order valence-electron chi connectivity index (χ0n) is 23.0. The zero-order chi connectivity index (χ0) is 28.9. The number of likely N-dealkylation sites (tertiary alicyclic amines) is 1. The van der Waals surface area contributed by atoms with E-state index >= 15 is 0 Å². The van der Waals surface area contributed by atoms with Gasteiger partial charge in [-0.15, -0.1) is 0 Å². The van der Waals surface area contributed by atoms with Gasteiger partial charge in [0.25, 0.3) is 0 Å². The van der Waals surface area contributed by atoms with Crippen molar-refractivity contribution in [3.63, 3.8) is 0 Å². The average molecular weight is 593 g/mol. The van der Waals surface area contributed by atoms with E-state index < -0.39 is 5.97 Å². The summed E-state index contributed by atoms with van der Waals surface area (Å²) >= 11 is 12.9. The lowest BCUT2D eigenvalue weighted by Crippen LogP contribution is -2.40. The molecule has 1 amide bonds. The molecule has 1 saturated heterocycles. The Bertz CT molecular complexity index is 1550. The van der Waals surface area contributed by atoms with Crippen molar-refractivity contribution in [2.75, 3.05) is 19.7 Å². The van der Waals surface area contributed by atoms with Crippen molar-refractivity contribution in [1.29, 1.82) is 0 Å². The number of nitrogens with zero attached hydrogens (tertiary/aromatic N) is 3. The second-order valence-corrected chi connectivity index (χ2v) is 10.9. The predicted molar refractivity (Wildman–Crippen MR) is 160 cm³/mol. The minimum atomic E-state index is -0.530. The highest BCUT2D eigenvalue weighted by atomic mass is 35.5. The Morgan fingerprint density at radius 2 is 1.76 bits per heavy atom. The van der Waals surface area contributed by atoms with Crippen molar-refractivity contribution in [3.8, 4) is 16.9 Å². The Labute approximate surface area is 249 Å². The fourth-order valence-corrected chi connectivity index (χ4v) is 5.54. The Morgan fingerprint density at radius 3 is 2.51 bits per heavy atom. The summed E-state index contributed by atoms with van der Waals surface area (Å²) in [4.78, 5) is 33.0. The molecule has 0 radical (unpaired) electrons. The smallest absolute Gasteiger partial charge is 0.410 e. The third-order valence-electron chi connectivity index (χ3n) is 7.13. The van der Waals surface area contributed by atoms with E-state index in [1.807, 2.05) is 72.2 Å². The van der Waals surface area contributed by atoms with Crippen molar-refractivity contribution >= 4 is 35.3 Å². The first kappa shape index (κ1) is 28.7. The van der Waals surface area contributed by atoms with Crippen LogP contribution in [-0.2, 0) is 16.1 Å². The molecular weight excluding hydrogens is 561 g/mol. The number of ether oxygens (including phenoxy) is 2. The normalized spacial score (nSPS) is 15.0. The molecular formula is C32H31Cl2N3O4. The number of piperidine rings is 1. The molecule has 41 heavy (non-hydrogen) atoms. The van der Waals surface area contributed by atoms with Gasteiger partial charge >= 0.3 is 12.1 Å². The maximum absolute atomic E-state index is 13.3. The molecule has 1 fully saturated rings. The number of benzene rings is 3. The van der Waals surface area contributed by atoms with Crippen LogP contribution in [0.25, 0.3) is 16.9 Å². The number of carbonyl (C=O) groups excluding carboxylic acids is 2. The summed E-state index contributed by atoms with van der Waals surface area (Å²) in [6.07, 6.45) is 1.15. The minimum Gasteiger partial charge on any atom is -0.461 e. The standard InChI is InChI=1S/C32H31Cl2N3O4/c1-3-40-31(38)28-29(23-11-7-13-25(33)17-23)37(27-18-26(34)15-14-21(27)2)30(35-28)24-12-8-16-36(19-24)32(39)41-20-22-9-5-4-6-10-22/h4-7,9-11,13-15,17-18,24H,3,8,12,16,19-20H2,1-2H3. The average Bonchev–Trinajstić information content (AvgIpc) is 3.38. The SMILES string of the molecule is CCOC(=O)c1nc(C2CCCN(C(=O)OCc3ccccc3)C2)n(-c2cc(Cl)ccc2C)c1-c1cccc(Cl)c1. The van der Waals surface area contributed by atoms with E-state index in [1.54, 1.807) is 24.0 Å². The lowest BCUT2D eigenvalue weighted by Gasteiger charge is -2.32. The molecule has 4 aromatic rings. The van der Waals surface area contributed by atoms with Crippen LogP contribution >= 0.6 is 23.2 Å². The molecule has 7 nitrogen and oxygen atoms in total. The first-order chi connectivity index (χ1) is 19.9. The summed E-state index contributed by atoms with van der Waals surface area (Å²) in [6, 6.07) is 22.5. The molecule has 0 N–H and O–H groups in total. The molecule has 1 atom stereocenters. The van der Waals surface area contributed by atoms with Crippen LogP contribution in [-0.4, -0.2) is 46.2 Å². The highest BCUT2D eigenvalue weighted by Gasteiger charge is 2.34. The topological polar surface area (TPSA) is 73.7 Å². The lowest BCUT2D eigenvalue weighted by molar-refractivity contribution is 0.0520. The van der Waals surface area contributed by atoms with Crippen LogP contribution in [0.4, 0.5) is 4.79 Å². The fraction of sp³-hybridized carbons (Fsp3) is 0.281. The number of imidazole rings is 1. The molecule has 1 unspecified atom stereocenters. The molecule has 0 bridgehead atoms.